The van der Waals surface area contributed by atoms with Gasteiger partial charge in [0.15, 0.2) is 0 Å². The molecule has 0 aromatic rings. The van der Waals surface area contributed by atoms with Crippen molar-refractivity contribution in [3.05, 3.63) is 0 Å². The van der Waals surface area contributed by atoms with Crippen LogP contribution in [-0.4, -0.2) is 26.3 Å². The molecule has 0 aliphatic carbocycles. The average molecular weight is 188 g/mol. The highest BCUT2D eigenvalue weighted by molar-refractivity contribution is 5.70. The molecule has 0 saturated carbocycles. The predicted octanol–water partition coefficient (Wildman–Crippen LogP) is 2.00. The zero-order valence-corrected chi connectivity index (χ0v) is 9.05. The lowest BCUT2D eigenvalue weighted by atomic mass is 9.91. The van der Waals surface area contributed by atoms with Crippen molar-refractivity contribution in [1.29, 1.82) is 0 Å². The van der Waals surface area contributed by atoms with E-state index in [0.29, 0.717) is 12.0 Å². The molecule has 0 saturated heterocycles. The van der Waals surface area contributed by atoms with Gasteiger partial charge in [0, 0.05) is 7.11 Å². The van der Waals surface area contributed by atoms with Gasteiger partial charge in [-0.2, -0.15) is 0 Å². The van der Waals surface area contributed by atoms with E-state index >= 15 is 0 Å². The number of esters is 1. The van der Waals surface area contributed by atoms with Crippen LogP contribution in [0.15, 0.2) is 0 Å². The molecule has 0 bridgehead atoms. The van der Waals surface area contributed by atoms with Crippen LogP contribution in [0.2, 0.25) is 0 Å². The van der Waals surface area contributed by atoms with Gasteiger partial charge in [0.1, 0.15) is 6.61 Å². The molecule has 0 aromatic heterocycles. The van der Waals surface area contributed by atoms with Crippen LogP contribution in [0.3, 0.4) is 0 Å². The normalized spacial score (nSPS) is 11.4. The maximum Gasteiger partial charge on any atom is 0.332 e. The van der Waals surface area contributed by atoms with Crippen LogP contribution >= 0.6 is 0 Å². The summed E-state index contributed by atoms with van der Waals surface area (Å²) in [6.07, 6.45) is 1.98. The molecule has 0 rings (SSSR count). The molecule has 78 valence electrons. The van der Waals surface area contributed by atoms with E-state index in [1.165, 1.54) is 7.11 Å². The highest BCUT2D eigenvalue weighted by Crippen LogP contribution is 2.20. The molecular weight excluding hydrogens is 168 g/mol. The zero-order valence-electron chi connectivity index (χ0n) is 9.05. The molecule has 0 amide bonds. The van der Waals surface area contributed by atoms with E-state index < -0.39 is 0 Å². The van der Waals surface area contributed by atoms with Crippen LogP contribution in [0.5, 0.6) is 0 Å². The van der Waals surface area contributed by atoms with E-state index in [0.717, 1.165) is 12.8 Å². The monoisotopic (exact) mass is 188 g/mol. The van der Waals surface area contributed by atoms with Crippen molar-refractivity contribution < 1.29 is 14.3 Å². The minimum absolute atomic E-state index is 0.0511. The van der Waals surface area contributed by atoms with E-state index in [1.807, 2.05) is 0 Å². The summed E-state index contributed by atoms with van der Waals surface area (Å²) in [5.74, 6) is -0.281. The molecule has 0 spiro atoms. The van der Waals surface area contributed by atoms with E-state index in [1.54, 1.807) is 0 Å². The van der Waals surface area contributed by atoms with Crippen molar-refractivity contribution in [2.75, 3.05) is 20.3 Å². The first-order chi connectivity index (χ1) is 5.95. The van der Waals surface area contributed by atoms with Crippen LogP contribution in [0, 0.1) is 5.41 Å². The van der Waals surface area contributed by atoms with Gasteiger partial charge in [-0.15, -0.1) is 0 Å². The smallest absolute Gasteiger partial charge is 0.332 e. The first-order valence-corrected chi connectivity index (χ1v) is 4.60. The quantitative estimate of drug-likeness (QED) is 0.489. The summed E-state index contributed by atoms with van der Waals surface area (Å²) in [5.41, 5.74) is 0.313. The van der Waals surface area contributed by atoms with Gasteiger partial charge in [0.05, 0.1) is 6.61 Å². The van der Waals surface area contributed by atoms with Gasteiger partial charge < -0.3 is 9.47 Å². The van der Waals surface area contributed by atoms with Crippen molar-refractivity contribution in [1.82, 2.24) is 0 Å². The summed E-state index contributed by atoms with van der Waals surface area (Å²) >= 11 is 0. The predicted molar refractivity (Wildman–Crippen MR) is 51.5 cm³/mol. The second-order valence-corrected chi connectivity index (χ2v) is 4.32. The minimum Gasteiger partial charge on any atom is -0.464 e. The molecule has 0 heterocycles. The fraction of sp³-hybridized carbons (Fsp3) is 0.900. The third-order valence-corrected chi connectivity index (χ3v) is 1.60. The molecule has 0 aromatic carbocycles. The van der Waals surface area contributed by atoms with Gasteiger partial charge in [0.2, 0.25) is 0 Å². The van der Waals surface area contributed by atoms with Crippen LogP contribution < -0.4 is 0 Å². The molecule has 0 unspecified atom stereocenters. The van der Waals surface area contributed by atoms with Crippen molar-refractivity contribution in [3.63, 3.8) is 0 Å². The van der Waals surface area contributed by atoms with Gasteiger partial charge in [0.25, 0.3) is 0 Å². The highest BCUT2D eigenvalue weighted by Gasteiger charge is 2.09. The Morgan fingerprint density at radius 2 is 1.92 bits per heavy atom. The van der Waals surface area contributed by atoms with Crippen LogP contribution in [0.1, 0.15) is 33.6 Å². The van der Waals surface area contributed by atoms with E-state index in [-0.39, 0.29) is 12.6 Å². The third kappa shape index (κ3) is 9.34. The molecule has 0 fully saturated rings. The molecule has 0 radical (unpaired) electrons. The summed E-state index contributed by atoms with van der Waals surface area (Å²) in [6.45, 7) is 7.06. The standard InChI is InChI=1S/C10H20O3/c1-10(2,3)6-5-7-13-9(11)8-12-4/h5-8H2,1-4H3. The van der Waals surface area contributed by atoms with Gasteiger partial charge in [-0.05, 0) is 18.3 Å². The number of hydrogen-bond donors (Lipinski definition) is 0. The van der Waals surface area contributed by atoms with Crippen LogP contribution in [-0.2, 0) is 14.3 Å². The lowest BCUT2D eigenvalue weighted by Crippen LogP contribution is -2.13. The summed E-state index contributed by atoms with van der Waals surface area (Å²) in [5, 5.41) is 0. The van der Waals surface area contributed by atoms with Crippen molar-refractivity contribution in [2.24, 2.45) is 5.41 Å². The van der Waals surface area contributed by atoms with Crippen molar-refractivity contribution in [3.8, 4) is 0 Å². The Kier molecular flexibility index (Phi) is 5.71. The first kappa shape index (κ1) is 12.4. The number of carbonyl (C=O) groups is 1. The molecule has 0 atom stereocenters. The second-order valence-electron chi connectivity index (χ2n) is 4.32. The van der Waals surface area contributed by atoms with Gasteiger partial charge in [-0.1, -0.05) is 20.8 Å². The maximum absolute atomic E-state index is 10.8. The fourth-order valence-electron chi connectivity index (χ4n) is 0.948. The van der Waals surface area contributed by atoms with Gasteiger partial charge >= 0.3 is 5.97 Å². The van der Waals surface area contributed by atoms with E-state index in [9.17, 15) is 4.79 Å². The van der Waals surface area contributed by atoms with Crippen LogP contribution in [0.4, 0.5) is 0 Å². The Hall–Kier alpha value is -0.570. The Morgan fingerprint density at radius 1 is 1.31 bits per heavy atom. The molecule has 0 aliphatic heterocycles. The number of carbonyl (C=O) groups excluding carboxylic acids is 1. The molecule has 3 heteroatoms. The average Bonchev–Trinajstić information content (AvgIpc) is 1.97. The molecule has 3 nitrogen and oxygen atoms in total. The molecule has 13 heavy (non-hydrogen) atoms. The second kappa shape index (κ2) is 5.97. The number of methoxy groups -OCH3 is 1. The third-order valence-electron chi connectivity index (χ3n) is 1.60. The van der Waals surface area contributed by atoms with Crippen molar-refractivity contribution in [2.45, 2.75) is 33.6 Å². The van der Waals surface area contributed by atoms with E-state index in [4.69, 9.17) is 4.74 Å². The molecule has 0 aliphatic rings. The molecular formula is C10H20O3. The lowest BCUT2D eigenvalue weighted by Gasteiger charge is -2.17. The fourth-order valence-corrected chi connectivity index (χ4v) is 0.948. The maximum atomic E-state index is 10.8. The SMILES string of the molecule is COCC(=O)OCCCC(C)(C)C. The lowest BCUT2D eigenvalue weighted by molar-refractivity contribution is -0.148. The van der Waals surface area contributed by atoms with Gasteiger partial charge in [-0.3, -0.25) is 0 Å². The zero-order chi connectivity index (χ0) is 10.3. The summed E-state index contributed by atoms with van der Waals surface area (Å²) < 4.78 is 9.54. The largest absolute Gasteiger partial charge is 0.464 e. The Morgan fingerprint density at radius 3 is 2.38 bits per heavy atom. The Bertz CT molecular complexity index is 147. The number of rotatable bonds is 5. The van der Waals surface area contributed by atoms with Crippen molar-refractivity contribution >= 4 is 5.97 Å². The summed E-state index contributed by atoms with van der Waals surface area (Å²) in [7, 11) is 1.48. The topological polar surface area (TPSA) is 35.5 Å². The first-order valence-electron chi connectivity index (χ1n) is 4.60. The van der Waals surface area contributed by atoms with Gasteiger partial charge in [-0.25, -0.2) is 4.79 Å². The summed E-state index contributed by atoms with van der Waals surface area (Å²) in [6, 6.07) is 0. The molecule has 0 N–H and O–H groups in total. The summed E-state index contributed by atoms with van der Waals surface area (Å²) in [4.78, 5) is 10.8. The number of ether oxygens (including phenoxy) is 2. The number of hydrogen-bond acceptors (Lipinski definition) is 3. The van der Waals surface area contributed by atoms with Crippen LogP contribution in [0.25, 0.3) is 0 Å². The highest BCUT2D eigenvalue weighted by atomic mass is 16.6. The van der Waals surface area contributed by atoms with E-state index in [2.05, 4.69) is 25.5 Å². The Labute approximate surface area is 80.4 Å². The minimum atomic E-state index is -0.281. The Balaban J connectivity index is 3.31.